The summed E-state index contributed by atoms with van der Waals surface area (Å²) in [7, 11) is 3.40. The fourth-order valence-corrected chi connectivity index (χ4v) is 2.78. The molecular weight excluding hydrogens is 358 g/mol. The summed E-state index contributed by atoms with van der Waals surface area (Å²) in [6.45, 7) is 0.629. The number of nitrogens with zero attached hydrogens (tertiary/aromatic N) is 4. The number of hydrogen-bond acceptors (Lipinski definition) is 6. The first kappa shape index (κ1) is 19.2. The van der Waals surface area contributed by atoms with Crippen LogP contribution in [0, 0.1) is 0 Å². The first-order valence-electron chi connectivity index (χ1n) is 8.73. The zero-order chi connectivity index (χ0) is 20.1. The van der Waals surface area contributed by atoms with Crippen LogP contribution in [0.15, 0.2) is 58.4 Å². The van der Waals surface area contributed by atoms with Crippen molar-refractivity contribution in [3.05, 3.63) is 70.1 Å². The van der Waals surface area contributed by atoms with E-state index in [9.17, 15) is 9.59 Å². The second-order valence-electron chi connectivity index (χ2n) is 6.26. The molecule has 0 radical (unpaired) electrons. The monoisotopic (exact) mass is 379 g/mol. The van der Waals surface area contributed by atoms with E-state index in [0.29, 0.717) is 17.3 Å². The maximum atomic E-state index is 12.5. The Morgan fingerprint density at radius 3 is 2.57 bits per heavy atom. The van der Waals surface area contributed by atoms with Crippen molar-refractivity contribution in [2.45, 2.75) is 0 Å². The molecule has 1 aromatic heterocycles. The Hall–Kier alpha value is -3.52. The van der Waals surface area contributed by atoms with Crippen LogP contribution >= 0.6 is 0 Å². The van der Waals surface area contributed by atoms with E-state index in [4.69, 9.17) is 5.11 Å². The number of benzene rings is 2. The fourth-order valence-electron chi connectivity index (χ4n) is 2.78. The van der Waals surface area contributed by atoms with Crippen molar-refractivity contribution in [2.75, 3.05) is 25.1 Å². The highest BCUT2D eigenvalue weighted by molar-refractivity contribution is 6.04. The summed E-state index contributed by atoms with van der Waals surface area (Å²) in [5, 5.41) is 17.9. The number of aromatic nitrogens is 2. The van der Waals surface area contributed by atoms with Crippen LogP contribution in [0.2, 0.25) is 0 Å². The first-order valence-corrected chi connectivity index (χ1v) is 8.73. The molecule has 3 aromatic rings. The number of carbonyl (C=O) groups is 1. The van der Waals surface area contributed by atoms with E-state index in [1.54, 1.807) is 24.3 Å². The van der Waals surface area contributed by atoms with Crippen molar-refractivity contribution >= 4 is 28.6 Å². The molecule has 8 nitrogen and oxygen atoms in total. The predicted octanol–water partition coefficient (Wildman–Crippen LogP) is 1.13. The molecule has 8 heteroatoms. The number of carbonyl (C=O) groups excluding carboxylic acids is 1. The van der Waals surface area contributed by atoms with Crippen molar-refractivity contribution in [1.29, 1.82) is 0 Å². The molecule has 0 unspecified atom stereocenters. The normalized spacial score (nSPS) is 11.1. The summed E-state index contributed by atoms with van der Waals surface area (Å²) in [5.74, 6) is -0.498. The fraction of sp³-hybridized carbons (Fsp3) is 0.200. The minimum Gasteiger partial charge on any atom is -0.395 e. The number of hydrazone groups is 1. The third-order valence-electron chi connectivity index (χ3n) is 4.32. The Balaban J connectivity index is 1.75. The largest absolute Gasteiger partial charge is 0.395 e. The van der Waals surface area contributed by atoms with E-state index in [0.717, 1.165) is 15.9 Å². The molecule has 0 aliphatic rings. The number of aryl methyl sites for hydroxylation is 1. The van der Waals surface area contributed by atoms with Gasteiger partial charge in [0.05, 0.1) is 18.2 Å². The number of anilines is 1. The van der Waals surface area contributed by atoms with Crippen LogP contribution in [0.4, 0.5) is 5.69 Å². The summed E-state index contributed by atoms with van der Waals surface area (Å²) in [4.78, 5) is 26.6. The van der Waals surface area contributed by atoms with E-state index < -0.39 is 5.91 Å². The molecule has 144 valence electrons. The minimum absolute atomic E-state index is 0.0829. The number of aliphatic hydroxyl groups excluding tert-OH is 1. The molecule has 2 N–H and O–H groups in total. The van der Waals surface area contributed by atoms with Crippen molar-refractivity contribution in [3.8, 4) is 0 Å². The third kappa shape index (κ3) is 4.07. The van der Waals surface area contributed by atoms with Gasteiger partial charge < -0.3 is 10.0 Å². The molecule has 1 amide bonds. The highest BCUT2D eigenvalue weighted by atomic mass is 16.3. The number of amides is 1. The maximum absolute atomic E-state index is 12.5. The molecular formula is C20H21N5O3. The van der Waals surface area contributed by atoms with Crippen LogP contribution in [-0.2, 0) is 7.05 Å². The topological polar surface area (TPSA) is 99.8 Å². The number of likely N-dealkylation sites (N-methyl/N-ethyl adjacent to an activating group) is 1. The number of hydrogen-bond donors (Lipinski definition) is 2. The lowest BCUT2D eigenvalue weighted by molar-refractivity contribution is 0.0950. The molecule has 1 heterocycles. The van der Waals surface area contributed by atoms with Crippen LogP contribution in [0.3, 0.4) is 0 Å². The van der Waals surface area contributed by atoms with Crippen molar-refractivity contribution in [3.63, 3.8) is 0 Å². The SMILES string of the molecule is CN(CCO)c1ccc(/C=N\NC(=O)c2nn(C)c(=O)c3ccccc23)cc1. The third-order valence-corrected chi connectivity index (χ3v) is 4.32. The number of nitrogens with one attached hydrogen (secondary N) is 1. The summed E-state index contributed by atoms with van der Waals surface area (Å²) >= 11 is 0. The average Bonchev–Trinajstić information content (AvgIpc) is 2.71. The quantitative estimate of drug-likeness (QED) is 0.494. The van der Waals surface area contributed by atoms with Crippen LogP contribution in [0.5, 0.6) is 0 Å². The average molecular weight is 379 g/mol. The predicted molar refractivity (Wildman–Crippen MR) is 109 cm³/mol. The van der Waals surface area contributed by atoms with Crippen LogP contribution in [0.25, 0.3) is 10.8 Å². The van der Waals surface area contributed by atoms with Crippen molar-refractivity contribution in [2.24, 2.45) is 12.1 Å². The molecule has 0 fully saturated rings. The lowest BCUT2D eigenvalue weighted by Gasteiger charge is -2.17. The highest BCUT2D eigenvalue weighted by Crippen LogP contribution is 2.14. The van der Waals surface area contributed by atoms with Gasteiger partial charge in [0.15, 0.2) is 5.69 Å². The molecule has 0 aliphatic carbocycles. The smallest absolute Gasteiger partial charge is 0.292 e. The Labute approximate surface area is 161 Å². The van der Waals surface area contributed by atoms with E-state index in [1.807, 2.05) is 36.2 Å². The number of rotatable bonds is 6. The van der Waals surface area contributed by atoms with Gasteiger partial charge in [-0.3, -0.25) is 9.59 Å². The Kier molecular flexibility index (Phi) is 5.81. The van der Waals surface area contributed by atoms with Gasteiger partial charge in [0.25, 0.3) is 11.5 Å². The van der Waals surface area contributed by atoms with Crippen molar-refractivity contribution in [1.82, 2.24) is 15.2 Å². The Bertz CT molecular complexity index is 1070. The lowest BCUT2D eigenvalue weighted by Crippen LogP contribution is -2.27. The summed E-state index contributed by atoms with van der Waals surface area (Å²) < 4.78 is 1.14. The summed E-state index contributed by atoms with van der Waals surface area (Å²) in [6.07, 6.45) is 1.53. The lowest BCUT2D eigenvalue weighted by atomic mass is 10.1. The van der Waals surface area contributed by atoms with E-state index >= 15 is 0 Å². The molecule has 3 rings (SSSR count). The zero-order valence-corrected chi connectivity index (χ0v) is 15.7. The van der Waals surface area contributed by atoms with Gasteiger partial charge in [0.1, 0.15) is 0 Å². The Morgan fingerprint density at radius 2 is 1.89 bits per heavy atom. The van der Waals surface area contributed by atoms with Gasteiger partial charge >= 0.3 is 0 Å². The molecule has 0 saturated heterocycles. The Morgan fingerprint density at radius 1 is 1.21 bits per heavy atom. The van der Waals surface area contributed by atoms with E-state index in [-0.39, 0.29) is 17.9 Å². The molecule has 0 bridgehead atoms. The number of fused-ring (bicyclic) bond motifs is 1. The standard InChI is InChI=1S/C20H21N5O3/c1-24(11-12-26)15-9-7-14(8-10-15)13-21-22-19(27)18-16-5-3-4-6-17(16)20(28)25(2)23-18/h3-10,13,26H,11-12H2,1-2H3,(H,22,27)/b21-13-. The molecule has 0 saturated carbocycles. The molecule has 0 atom stereocenters. The van der Waals surface area contributed by atoms with Crippen LogP contribution in [-0.4, -0.2) is 47.2 Å². The van der Waals surface area contributed by atoms with Gasteiger partial charge in [0, 0.05) is 31.7 Å². The van der Waals surface area contributed by atoms with Crippen LogP contribution in [0.1, 0.15) is 16.1 Å². The van der Waals surface area contributed by atoms with Crippen molar-refractivity contribution < 1.29 is 9.90 Å². The maximum Gasteiger partial charge on any atom is 0.292 e. The van der Waals surface area contributed by atoms with Gasteiger partial charge in [-0.25, -0.2) is 10.1 Å². The summed E-state index contributed by atoms with van der Waals surface area (Å²) in [5.41, 5.74) is 4.10. The molecule has 0 aliphatic heterocycles. The minimum atomic E-state index is -0.498. The molecule has 28 heavy (non-hydrogen) atoms. The highest BCUT2D eigenvalue weighted by Gasteiger charge is 2.14. The van der Waals surface area contributed by atoms with Gasteiger partial charge in [0.2, 0.25) is 0 Å². The first-order chi connectivity index (χ1) is 13.5. The van der Waals surface area contributed by atoms with Gasteiger partial charge in [-0.2, -0.15) is 10.2 Å². The zero-order valence-electron chi connectivity index (χ0n) is 15.7. The second kappa shape index (κ2) is 8.45. The van der Waals surface area contributed by atoms with Gasteiger partial charge in [-0.1, -0.05) is 30.3 Å². The van der Waals surface area contributed by atoms with Gasteiger partial charge in [-0.05, 0) is 23.8 Å². The molecule has 2 aromatic carbocycles. The van der Waals surface area contributed by atoms with Crippen LogP contribution < -0.4 is 15.9 Å². The van der Waals surface area contributed by atoms with Gasteiger partial charge in [-0.15, -0.1) is 0 Å². The summed E-state index contributed by atoms with van der Waals surface area (Å²) in [6, 6.07) is 14.4. The van der Waals surface area contributed by atoms with E-state index in [1.165, 1.54) is 13.3 Å². The van der Waals surface area contributed by atoms with E-state index in [2.05, 4.69) is 15.6 Å². The molecule has 0 spiro atoms. The second-order valence-corrected chi connectivity index (χ2v) is 6.26. The number of aliphatic hydroxyl groups is 1.